The number of likely N-dealkylation sites (N-methyl/N-ethyl adjacent to an activating group) is 1. The van der Waals surface area contributed by atoms with Gasteiger partial charge >= 0.3 is 0 Å². The Morgan fingerprint density at radius 2 is 2.15 bits per heavy atom. The van der Waals surface area contributed by atoms with Crippen molar-refractivity contribution in [2.75, 3.05) is 39.3 Å². The lowest BCUT2D eigenvalue weighted by Gasteiger charge is -2.34. The first-order valence-corrected chi connectivity index (χ1v) is 7.39. The lowest BCUT2D eigenvalue weighted by molar-refractivity contribution is -0.132. The zero-order valence-corrected chi connectivity index (χ0v) is 12.2. The second-order valence-corrected chi connectivity index (χ2v) is 5.10. The van der Waals surface area contributed by atoms with Gasteiger partial charge in [-0.1, -0.05) is 13.0 Å². The molecule has 0 radical (unpaired) electrons. The third-order valence-electron chi connectivity index (χ3n) is 3.74. The summed E-state index contributed by atoms with van der Waals surface area (Å²) in [6.45, 7) is 8.49. The number of rotatable bonds is 6. The Morgan fingerprint density at radius 1 is 1.35 bits per heavy atom. The molecule has 20 heavy (non-hydrogen) atoms. The summed E-state index contributed by atoms with van der Waals surface area (Å²) in [5.74, 6) is 0.263. The molecule has 0 saturated carbocycles. The van der Waals surface area contributed by atoms with E-state index in [0.717, 1.165) is 51.4 Å². The average molecular weight is 276 g/mol. The average Bonchev–Trinajstić information content (AvgIpc) is 2.52. The van der Waals surface area contributed by atoms with Gasteiger partial charge in [0.1, 0.15) is 0 Å². The molecule has 2 rings (SSSR count). The largest absolute Gasteiger partial charge is 0.340 e. The van der Waals surface area contributed by atoms with Crippen LogP contribution in [0.15, 0.2) is 24.5 Å². The Bertz CT molecular complexity index is 402. The lowest BCUT2D eigenvalue weighted by Crippen LogP contribution is -2.48. The Morgan fingerprint density at radius 3 is 2.80 bits per heavy atom. The number of amides is 1. The molecule has 1 aromatic rings. The van der Waals surface area contributed by atoms with E-state index in [-0.39, 0.29) is 5.91 Å². The first kappa shape index (κ1) is 14.9. The van der Waals surface area contributed by atoms with Crippen molar-refractivity contribution in [3.05, 3.63) is 30.1 Å². The van der Waals surface area contributed by atoms with Crippen molar-refractivity contribution in [2.24, 2.45) is 0 Å². The van der Waals surface area contributed by atoms with Crippen molar-refractivity contribution >= 4 is 5.91 Å². The molecule has 1 amide bonds. The molecule has 0 unspecified atom stereocenters. The summed E-state index contributed by atoms with van der Waals surface area (Å²) in [6.07, 6.45) is 4.19. The number of piperazine rings is 1. The Labute approximate surface area is 121 Å². The van der Waals surface area contributed by atoms with Crippen molar-refractivity contribution < 1.29 is 4.79 Å². The zero-order valence-electron chi connectivity index (χ0n) is 12.2. The normalized spacial score (nSPS) is 16.4. The summed E-state index contributed by atoms with van der Waals surface area (Å²) >= 11 is 0. The van der Waals surface area contributed by atoms with Gasteiger partial charge in [0.25, 0.3) is 0 Å². The maximum absolute atomic E-state index is 12.1. The molecular formula is C15H24N4O. The van der Waals surface area contributed by atoms with E-state index in [2.05, 4.69) is 22.1 Å². The number of hydrogen-bond acceptors (Lipinski definition) is 4. The SMILES string of the molecule is CCN1CCN(C(=O)CCNCc2cccnc2)CC1. The molecule has 1 aromatic heterocycles. The number of carbonyl (C=O) groups is 1. The fourth-order valence-corrected chi connectivity index (χ4v) is 2.40. The summed E-state index contributed by atoms with van der Waals surface area (Å²) in [7, 11) is 0. The highest BCUT2D eigenvalue weighted by atomic mass is 16.2. The van der Waals surface area contributed by atoms with E-state index in [0.29, 0.717) is 6.42 Å². The van der Waals surface area contributed by atoms with Crippen LogP contribution in [0.2, 0.25) is 0 Å². The zero-order chi connectivity index (χ0) is 14.2. The maximum Gasteiger partial charge on any atom is 0.223 e. The molecule has 110 valence electrons. The number of aromatic nitrogens is 1. The van der Waals surface area contributed by atoms with Crippen LogP contribution in [0.25, 0.3) is 0 Å². The van der Waals surface area contributed by atoms with E-state index in [1.54, 1.807) is 6.20 Å². The molecule has 0 atom stereocenters. The van der Waals surface area contributed by atoms with Gasteiger partial charge in [0.2, 0.25) is 5.91 Å². The molecule has 1 aliphatic rings. The van der Waals surface area contributed by atoms with Crippen LogP contribution in [0.4, 0.5) is 0 Å². The number of pyridine rings is 1. The number of nitrogens with one attached hydrogen (secondary N) is 1. The van der Waals surface area contributed by atoms with Crippen molar-refractivity contribution in [1.82, 2.24) is 20.1 Å². The molecule has 5 heteroatoms. The lowest BCUT2D eigenvalue weighted by atomic mass is 10.2. The first-order valence-electron chi connectivity index (χ1n) is 7.39. The van der Waals surface area contributed by atoms with Gasteiger partial charge in [0.05, 0.1) is 0 Å². The van der Waals surface area contributed by atoms with Crippen LogP contribution in [-0.4, -0.2) is 60.0 Å². The van der Waals surface area contributed by atoms with Gasteiger partial charge in [-0.3, -0.25) is 9.78 Å². The highest BCUT2D eigenvalue weighted by Gasteiger charge is 2.19. The van der Waals surface area contributed by atoms with Crippen molar-refractivity contribution in [3.63, 3.8) is 0 Å². The summed E-state index contributed by atoms with van der Waals surface area (Å²) in [5.41, 5.74) is 1.15. The summed E-state index contributed by atoms with van der Waals surface area (Å²) in [4.78, 5) is 20.5. The van der Waals surface area contributed by atoms with E-state index >= 15 is 0 Å². The molecule has 1 fully saturated rings. The molecule has 0 aliphatic carbocycles. The van der Waals surface area contributed by atoms with Crippen molar-refractivity contribution in [2.45, 2.75) is 19.9 Å². The quantitative estimate of drug-likeness (QED) is 0.778. The second-order valence-electron chi connectivity index (χ2n) is 5.10. The smallest absolute Gasteiger partial charge is 0.223 e. The van der Waals surface area contributed by atoms with Crippen LogP contribution >= 0.6 is 0 Å². The highest BCUT2D eigenvalue weighted by molar-refractivity contribution is 5.76. The van der Waals surface area contributed by atoms with E-state index in [4.69, 9.17) is 0 Å². The molecule has 1 saturated heterocycles. The molecule has 2 heterocycles. The van der Waals surface area contributed by atoms with Crippen LogP contribution in [0.3, 0.4) is 0 Å². The second kappa shape index (κ2) is 7.97. The van der Waals surface area contributed by atoms with E-state index < -0.39 is 0 Å². The Balaban J connectivity index is 1.61. The van der Waals surface area contributed by atoms with Gasteiger partial charge in [0.15, 0.2) is 0 Å². The van der Waals surface area contributed by atoms with Gasteiger partial charge in [0, 0.05) is 58.1 Å². The minimum Gasteiger partial charge on any atom is -0.340 e. The van der Waals surface area contributed by atoms with E-state index in [1.807, 2.05) is 23.2 Å². The molecular weight excluding hydrogens is 252 g/mol. The van der Waals surface area contributed by atoms with Gasteiger partial charge in [-0.15, -0.1) is 0 Å². The summed E-state index contributed by atoms with van der Waals surface area (Å²) in [6, 6.07) is 3.96. The minimum absolute atomic E-state index is 0.263. The topological polar surface area (TPSA) is 48.5 Å². The van der Waals surface area contributed by atoms with Crippen molar-refractivity contribution in [1.29, 1.82) is 0 Å². The van der Waals surface area contributed by atoms with Crippen LogP contribution < -0.4 is 5.32 Å². The van der Waals surface area contributed by atoms with Crippen LogP contribution in [-0.2, 0) is 11.3 Å². The molecule has 5 nitrogen and oxygen atoms in total. The maximum atomic E-state index is 12.1. The molecule has 0 aromatic carbocycles. The van der Waals surface area contributed by atoms with Gasteiger partial charge in [-0.05, 0) is 18.2 Å². The third kappa shape index (κ3) is 4.58. The predicted octanol–water partition coefficient (Wildman–Crippen LogP) is 0.725. The molecule has 0 spiro atoms. The van der Waals surface area contributed by atoms with Crippen LogP contribution in [0.5, 0.6) is 0 Å². The summed E-state index contributed by atoms with van der Waals surface area (Å²) < 4.78 is 0. The van der Waals surface area contributed by atoms with Crippen LogP contribution in [0.1, 0.15) is 18.9 Å². The molecule has 0 bridgehead atoms. The fourth-order valence-electron chi connectivity index (χ4n) is 2.40. The minimum atomic E-state index is 0.263. The monoisotopic (exact) mass is 276 g/mol. The molecule has 1 aliphatic heterocycles. The van der Waals surface area contributed by atoms with E-state index in [9.17, 15) is 4.79 Å². The third-order valence-corrected chi connectivity index (χ3v) is 3.74. The van der Waals surface area contributed by atoms with Crippen LogP contribution in [0, 0.1) is 0 Å². The number of carbonyl (C=O) groups excluding carboxylic acids is 1. The highest BCUT2D eigenvalue weighted by Crippen LogP contribution is 2.03. The Hall–Kier alpha value is -1.46. The van der Waals surface area contributed by atoms with Gasteiger partial charge in [-0.2, -0.15) is 0 Å². The fraction of sp³-hybridized carbons (Fsp3) is 0.600. The standard InChI is InChI=1S/C15H24N4O/c1-2-18-8-10-19(11-9-18)15(20)5-7-17-13-14-4-3-6-16-12-14/h3-4,6,12,17H,2,5,7-11,13H2,1H3. The summed E-state index contributed by atoms with van der Waals surface area (Å²) in [5, 5.41) is 3.29. The van der Waals surface area contributed by atoms with Gasteiger partial charge in [-0.25, -0.2) is 0 Å². The van der Waals surface area contributed by atoms with Gasteiger partial charge < -0.3 is 15.1 Å². The number of hydrogen-bond donors (Lipinski definition) is 1. The Kier molecular flexibility index (Phi) is 5.95. The van der Waals surface area contributed by atoms with E-state index in [1.165, 1.54) is 0 Å². The number of nitrogens with zero attached hydrogens (tertiary/aromatic N) is 3. The predicted molar refractivity (Wildman–Crippen MR) is 79.3 cm³/mol. The first-order chi connectivity index (χ1) is 9.79. The molecule has 1 N–H and O–H groups in total. The van der Waals surface area contributed by atoms with Crippen molar-refractivity contribution in [3.8, 4) is 0 Å².